The molecule has 1 atom stereocenters. The zero-order valence-electron chi connectivity index (χ0n) is 14.1. The standard InChI is InChI=1S/C20H18F3NO2/c21-20(22,23)15-5-3-9-24(12-15)11-14-10-18(25)26-17-8-7-13-4-1-2-6-16(13)19(14)17/h1-2,4,6-8,10,15H,3,5,9,11-12H2/t15-/m0/s1. The first-order valence-electron chi connectivity index (χ1n) is 8.65. The van der Waals surface area contributed by atoms with E-state index in [1.165, 1.54) is 6.07 Å². The Balaban J connectivity index is 1.76. The molecular weight excluding hydrogens is 343 g/mol. The van der Waals surface area contributed by atoms with Gasteiger partial charge < -0.3 is 4.42 Å². The second-order valence-corrected chi connectivity index (χ2v) is 6.87. The number of likely N-dealkylation sites (tertiary alicyclic amines) is 1. The van der Waals surface area contributed by atoms with Crippen LogP contribution >= 0.6 is 0 Å². The van der Waals surface area contributed by atoms with Gasteiger partial charge in [-0.25, -0.2) is 4.79 Å². The van der Waals surface area contributed by atoms with Gasteiger partial charge in [0.05, 0.1) is 5.92 Å². The summed E-state index contributed by atoms with van der Waals surface area (Å²) in [5, 5.41) is 2.74. The molecule has 3 aromatic rings. The summed E-state index contributed by atoms with van der Waals surface area (Å²) >= 11 is 0. The van der Waals surface area contributed by atoms with Crippen molar-refractivity contribution >= 4 is 21.7 Å². The van der Waals surface area contributed by atoms with Crippen LogP contribution in [0.2, 0.25) is 0 Å². The third-order valence-electron chi connectivity index (χ3n) is 5.08. The molecule has 3 nitrogen and oxygen atoms in total. The maximum Gasteiger partial charge on any atom is 0.393 e. The van der Waals surface area contributed by atoms with E-state index in [1.807, 2.05) is 30.3 Å². The van der Waals surface area contributed by atoms with Crippen molar-refractivity contribution < 1.29 is 17.6 Å². The first-order chi connectivity index (χ1) is 12.4. The molecule has 0 radical (unpaired) electrons. The number of alkyl halides is 3. The zero-order chi connectivity index (χ0) is 18.3. The van der Waals surface area contributed by atoms with Crippen molar-refractivity contribution in [1.82, 2.24) is 4.90 Å². The van der Waals surface area contributed by atoms with E-state index < -0.39 is 17.7 Å². The molecule has 136 valence electrons. The molecule has 26 heavy (non-hydrogen) atoms. The van der Waals surface area contributed by atoms with Gasteiger partial charge in [0.1, 0.15) is 5.58 Å². The molecule has 0 bridgehead atoms. The lowest BCUT2D eigenvalue weighted by atomic mass is 9.96. The van der Waals surface area contributed by atoms with E-state index in [0.717, 1.165) is 21.7 Å². The summed E-state index contributed by atoms with van der Waals surface area (Å²) in [7, 11) is 0. The molecule has 0 unspecified atom stereocenters. The van der Waals surface area contributed by atoms with Gasteiger partial charge in [0, 0.05) is 24.5 Å². The Kier molecular flexibility index (Phi) is 4.23. The van der Waals surface area contributed by atoms with Gasteiger partial charge in [0.2, 0.25) is 0 Å². The van der Waals surface area contributed by atoms with Crippen LogP contribution in [0.5, 0.6) is 0 Å². The predicted molar refractivity (Wildman–Crippen MR) is 94.0 cm³/mol. The highest BCUT2D eigenvalue weighted by Crippen LogP contribution is 2.34. The van der Waals surface area contributed by atoms with Crippen LogP contribution < -0.4 is 5.63 Å². The van der Waals surface area contributed by atoms with Crippen molar-refractivity contribution in [3.63, 3.8) is 0 Å². The Hall–Kier alpha value is -2.34. The molecule has 1 aliphatic heterocycles. The number of hydrogen-bond acceptors (Lipinski definition) is 3. The van der Waals surface area contributed by atoms with Crippen LogP contribution in [0, 0.1) is 5.92 Å². The number of fused-ring (bicyclic) bond motifs is 3. The van der Waals surface area contributed by atoms with Gasteiger partial charge in [0.25, 0.3) is 0 Å². The fourth-order valence-electron chi connectivity index (χ4n) is 3.85. The van der Waals surface area contributed by atoms with Crippen LogP contribution in [0.4, 0.5) is 13.2 Å². The minimum atomic E-state index is -4.18. The van der Waals surface area contributed by atoms with Crippen molar-refractivity contribution in [2.75, 3.05) is 13.1 Å². The van der Waals surface area contributed by atoms with Crippen molar-refractivity contribution in [2.24, 2.45) is 5.92 Å². The average molecular weight is 361 g/mol. The smallest absolute Gasteiger partial charge is 0.393 e. The van der Waals surface area contributed by atoms with Crippen molar-refractivity contribution in [2.45, 2.75) is 25.6 Å². The molecular formula is C20H18F3NO2. The molecule has 1 fully saturated rings. The summed E-state index contributed by atoms with van der Waals surface area (Å²) in [6.07, 6.45) is -3.51. The van der Waals surface area contributed by atoms with Gasteiger partial charge in [0.15, 0.2) is 0 Å². The molecule has 0 amide bonds. The molecule has 6 heteroatoms. The Morgan fingerprint density at radius 2 is 1.96 bits per heavy atom. The molecule has 4 rings (SSSR count). The quantitative estimate of drug-likeness (QED) is 0.489. The lowest BCUT2D eigenvalue weighted by molar-refractivity contribution is -0.187. The van der Waals surface area contributed by atoms with Gasteiger partial charge >= 0.3 is 11.8 Å². The molecule has 0 saturated carbocycles. The van der Waals surface area contributed by atoms with Gasteiger partial charge in [-0.2, -0.15) is 13.2 Å². The summed E-state index contributed by atoms with van der Waals surface area (Å²) in [5.74, 6) is -1.31. The largest absolute Gasteiger partial charge is 0.423 e. The lowest BCUT2D eigenvalue weighted by Gasteiger charge is -2.33. The van der Waals surface area contributed by atoms with E-state index in [-0.39, 0.29) is 13.0 Å². The molecule has 2 heterocycles. The SMILES string of the molecule is O=c1cc(CN2CCC[C@H](C(F)(F)F)C2)c2c(ccc3ccccc32)o1. The fraction of sp³-hybridized carbons (Fsp3) is 0.350. The molecule has 1 saturated heterocycles. The lowest BCUT2D eigenvalue weighted by Crippen LogP contribution is -2.41. The van der Waals surface area contributed by atoms with Crippen molar-refractivity contribution in [3.05, 3.63) is 58.4 Å². The highest BCUT2D eigenvalue weighted by molar-refractivity contribution is 6.07. The highest BCUT2D eigenvalue weighted by Gasteiger charge is 2.41. The Morgan fingerprint density at radius 3 is 2.77 bits per heavy atom. The van der Waals surface area contributed by atoms with Crippen LogP contribution in [0.25, 0.3) is 21.7 Å². The average Bonchev–Trinajstić information content (AvgIpc) is 2.60. The molecule has 2 aromatic carbocycles. The van der Waals surface area contributed by atoms with Gasteiger partial charge in [-0.05, 0) is 41.8 Å². The number of hydrogen-bond donors (Lipinski definition) is 0. The van der Waals surface area contributed by atoms with Crippen molar-refractivity contribution in [3.8, 4) is 0 Å². The van der Waals surface area contributed by atoms with Crippen LogP contribution in [0.15, 0.2) is 51.7 Å². The van der Waals surface area contributed by atoms with Gasteiger partial charge in [-0.1, -0.05) is 30.3 Å². The fourth-order valence-corrected chi connectivity index (χ4v) is 3.85. The summed E-state index contributed by atoms with van der Waals surface area (Å²) in [4.78, 5) is 13.7. The van der Waals surface area contributed by atoms with Gasteiger partial charge in [-0.3, -0.25) is 4.90 Å². The number of rotatable bonds is 2. The third-order valence-corrected chi connectivity index (χ3v) is 5.08. The number of benzene rings is 2. The third kappa shape index (κ3) is 3.21. The maximum absolute atomic E-state index is 13.1. The minimum absolute atomic E-state index is 0.0318. The molecule has 0 N–H and O–H groups in total. The summed E-state index contributed by atoms with van der Waals surface area (Å²) in [6, 6.07) is 12.8. The molecule has 1 aromatic heterocycles. The van der Waals surface area contributed by atoms with E-state index in [4.69, 9.17) is 4.42 Å². The van der Waals surface area contributed by atoms with Crippen LogP contribution in [-0.2, 0) is 6.54 Å². The highest BCUT2D eigenvalue weighted by atomic mass is 19.4. The second kappa shape index (κ2) is 6.43. The molecule has 0 spiro atoms. The van der Waals surface area contributed by atoms with Crippen LogP contribution in [0.3, 0.4) is 0 Å². The van der Waals surface area contributed by atoms with E-state index in [9.17, 15) is 18.0 Å². The summed E-state index contributed by atoms with van der Waals surface area (Å²) < 4.78 is 44.6. The summed E-state index contributed by atoms with van der Waals surface area (Å²) in [5.41, 5.74) is 0.707. The Morgan fingerprint density at radius 1 is 1.15 bits per heavy atom. The van der Waals surface area contributed by atoms with E-state index in [0.29, 0.717) is 25.1 Å². The zero-order valence-corrected chi connectivity index (χ0v) is 14.1. The van der Waals surface area contributed by atoms with Gasteiger partial charge in [-0.15, -0.1) is 0 Å². The number of piperidine rings is 1. The minimum Gasteiger partial charge on any atom is -0.423 e. The van der Waals surface area contributed by atoms with E-state index in [2.05, 4.69) is 0 Å². The normalized spacial score (nSPS) is 19.3. The maximum atomic E-state index is 13.1. The Bertz CT molecular complexity index is 1010. The number of halogens is 3. The second-order valence-electron chi connectivity index (χ2n) is 6.87. The van der Waals surface area contributed by atoms with Crippen molar-refractivity contribution in [1.29, 1.82) is 0 Å². The predicted octanol–water partition coefficient (Wildman–Crippen LogP) is 4.72. The number of nitrogens with zero attached hydrogens (tertiary/aromatic N) is 1. The Labute approximate surface area is 148 Å². The topological polar surface area (TPSA) is 33.5 Å². The van der Waals surface area contributed by atoms with Crippen LogP contribution in [0.1, 0.15) is 18.4 Å². The van der Waals surface area contributed by atoms with E-state index >= 15 is 0 Å². The van der Waals surface area contributed by atoms with Crippen LogP contribution in [-0.4, -0.2) is 24.2 Å². The van der Waals surface area contributed by atoms with E-state index in [1.54, 1.807) is 11.0 Å². The monoisotopic (exact) mass is 361 g/mol. The molecule has 0 aliphatic carbocycles. The first-order valence-corrected chi connectivity index (χ1v) is 8.65. The summed E-state index contributed by atoms with van der Waals surface area (Å²) in [6.45, 7) is 0.873. The molecule has 1 aliphatic rings. The first kappa shape index (κ1) is 17.1.